The number of nitrogens with one attached hydrogen (secondary N) is 3. The Labute approximate surface area is 161 Å². The number of anilines is 2. The highest BCUT2D eigenvalue weighted by atomic mass is 16.2. The fourth-order valence-corrected chi connectivity index (χ4v) is 3.60. The van der Waals surface area contributed by atoms with E-state index in [-0.39, 0.29) is 23.8 Å². The first-order chi connectivity index (χ1) is 13.0. The van der Waals surface area contributed by atoms with Crippen LogP contribution in [0.4, 0.5) is 11.5 Å². The number of carbonyl (C=O) groups is 2. The Morgan fingerprint density at radius 2 is 1.89 bits per heavy atom. The van der Waals surface area contributed by atoms with Crippen LogP contribution in [0.15, 0.2) is 12.3 Å². The Balaban J connectivity index is 1.80. The molecule has 1 saturated carbocycles. The van der Waals surface area contributed by atoms with Crippen LogP contribution in [0, 0.1) is 5.92 Å². The number of hydrogen-bond donors (Lipinski definition) is 3. The van der Waals surface area contributed by atoms with Crippen LogP contribution < -0.4 is 20.9 Å². The van der Waals surface area contributed by atoms with Crippen molar-refractivity contribution >= 4 is 23.3 Å². The summed E-state index contributed by atoms with van der Waals surface area (Å²) in [4.78, 5) is 31.7. The Hall–Kier alpha value is -2.15. The van der Waals surface area contributed by atoms with Crippen molar-refractivity contribution in [2.24, 2.45) is 5.92 Å². The van der Waals surface area contributed by atoms with Crippen molar-refractivity contribution in [2.75, 3.05) is 36.4 Å². The van der Waals surface area contributed by atoms with Gasteiger partial charge in [-0.2, -0.15) is 0 Å². The second kappa shape index (κ2) is 9.17. The van der Waals surface area contributed by atoms with Crippen LogP contribution >= 0.6 is 0 Å². The highest BCUT2D eigenvalue weighted by molar-refractivity contribution is 5.99. The molecule has 3 rings (SSSR count). The van der Waals surface area contributed by atoms with Crippen molar-refractivity contribution in [3.05, 3.63) is 17.8 Å². The van der Waals surface area contributed by atoms with Gasteiger partial charge in [0.1, 0.15) is 0 Å². The van der Waals surface area contributed by atoms with Crippen molar-refractivity contribution in [1.82, 2.24) is 15.6 Å². The summed E-state index contributed by atoms with van der Waals surface area (Å²) in [5.74, 6) is 0.416. The molecule has 0 unspecified atom stereocenters. The van der Waals surface area contributed by atoms with Gasteiger partial charge in [0.05, 0.1) is 11.3 Å². The van der Waals surface area contributed by atoms with Gasteiger partial charge in [-0.25, -0.2) is 4.98 Å². The standard InChI is InChI=1S/C20H31N5O2/c1-14(2)19(26)24-17-12-15(20(27)23-16-6-4-3-5-7-16)13-22-18(17)25-10-8-21-9-11-25/h12-14,16,21H,3-11H2,1-2H3,(H,23,27)(H,24,26). The lowest BCUT2D eigenvalue weighted by Gasteiger charge is -2.30. The number of piperazine rings is 1. The Morgan fingerprint density at radius 3 is 2.56 bits per heavy atom. The minimum Gasteiger partial charge on any atom is -0.352 e. The monoisotopic (exact) mass is 373 g/mol. The maximum Gasteiger partial charge on any atom is 0.253 e. The SMILES string of the molecule is CC(C)C(=O)Nc1cc(C(=O)NC2CCCCC2)cnc1N1CCNCC1. The van der Waals surface area contributed by atoms with Crippen LogP contribution in [0.5, 0.6) is 0 Å². The molecule has 1 aromatic heterocycles. The molecule has 0 bridgehead atoms. The highest BCUT2D eigenvalue weighted by Gasteiger charge is 2.22. The zero-order chi connectivity index (χ0) is 19.2. The number of pyridine rings is 1. The van der Waals surface area contributed by atoms with E-state index in [0.29, 0.717) is 11.3 Å². The summed E-state index contributed by atoms with van der Waals surface area (Å²) in [6.45, 7) is 7.11. The van der Waals surface area contributed by atoms with Gasteiger partial charge in [0, 0.05) is 44.3 Å². The Kier molecular flexibility index (Phi) is 6.66. The summed E-state index contributed by atoms with van der Waals surface area (Å²) in [6, 6.07) is 2.01. The van der Waals surface area contributed by atoms with E-state index in [1.165, 1.54) is 19.3 Å². The van der Waals surface area contributed by atoms with Gasteiger partial charge in [0.15, 0.2) is 5.82 Å². The molecule has 2 amide bonds. The molecule has 1 aromatic rings. The zero-order valence-electron chi connectivity index (χ0n) is 16.4. The van der Waals surface area contributed by atoms with Crippen LogP contribution in [-0.2, 0) is 4.79 Å². The van der Waals surface area contributed by atoms with E-state index in [9.17, 15) is 9.59 Å². The molecule has 2 aliphatic rings. The predicted octanol–water partition coefficient (Wildman–Crippen LogP) is 2.15. The zero-order valence-corrected chi connectivity index (χ0v) is 16.4. The maximum atomic E-state index is 12.7. The summed E-state index contributed by atoms with van der Waals surface area (Å²) < 4.78 is 0. The molecule has 7 heteroatoms. The first kappa shape index (κ1) is 19.6. The number of carbonyl (C=O) groups excluding carboxylic acids is 2. The summed E-state index contributed by atoms with van der Waals surface area (Å²) in [7, 11) is 0. The molecule has 148 valence electrons. The van der Waals surface area contributed by atoms with Crippen molar-refractivity contribution in [2.45, 2.75) is 52.0 Å². The minimum atomic E-state index is -0.138. The molecule has 1 aliphatic carbocycles. The smallest absolute Gasteiger partial charge is 0.253 e. The molecule has 0 aromatic carbocycles. The third kappa shape index (κ3) is 5.19. The summed E-state index contributed by atoms with van der Waals surface area (Å²) in [5, 5.41) is 9.40. The molecule has 2 heterocycles. The molecule has 7 nitrogen and oxygen atoms in total. The van der Waals surface area contributed by atoms with Crippen LogP contribution in [0.25, 0.3) is 0 Å². The van der Waals surface area contributed by atoms with Crippen LogP contribution in [0.2, 0.25) is 0 Å². The van der Waals surface area contributed by atoms with E-state index >= 15 is 0 Å². The van der Waals surface area contributed by atoms with Gasteiger partial charge < -0.3 is 20.9 Å². The lowest BCUT2D eigenvalue weighted by molar-refractivity contribution is -0.118. The average molecular weight is 374 g/mol. The molecule has 0 spiro atoms. The Morgan fingerprint density at radius 1 is 1.19 bits per heavy atom. The number of aromatic nitrogens is 1. The molecule has 3 N–H and O–H groups in total. The first-order valence-electron chi connectivity index (χ1n) is 10.1. The van der Waals surface area contributed by atoms with Gasteiger partial charge in [-0.1, -0.05) is 33.1 Å². The Bertz CT molecular complexity index is 664. The number of hydrogen-bond acceptors (Lipinski definition) is 5. The van der Waals surface area contributed by atoms with Crippen molar-refractivity contribution in [3.8, 4) is 0 Å². The minimum absolute atomic E-state index is 0.0713. The quantitative estimate of drug-likeness (QED) is 0.736. The summed E-state index contributed by atoms with van der Waals surface area (Å²) >= 11 is 0. The summed E-state index contributed by atoms with van der Waals surface area (Å²) in [5.41, 5.74) is 1.12. The molecular formula is C20H31N5O2. The molecule has 27 heavy (non-hydrogen) atoms. The van der Waals surface area contributed by atoms with Crippen molar-refractivity contribution in [1.29, 1.82) is 0 Å². The van der Waals surface area contributed by atoms with E-state index in [2.05, 4.69) is 25.8 Å². The largest absolute Gasteiger partial charge is 0.352 e. The topological polar surface area (TPSA) is 86.4 Å². The molecule has 1 aliphatic heterocycles. The lowest BCUT2D eigenvalue weighted by Crippen LogP contribution is -2.44. The second-order valence-corrected chi connectivity index (χ2v) is 7.78. The normalized spacial score (nSPS) is 18.4. The van der Waals surface area contributed by atoms with Crippen molar-refractivity contribution in [3.63, 3.8) is 0 Å². The van der Waals surface area contributed by atoms with Gasteiger partial charge in [-0.15, -0.1) is 0 Å². The van der Waals surface area contributed by atoms with Gasteiger partial charge in [-0.3, -0.25) is 9.59 Å². The molecule has 1 saturated heterocycles. The predicted molar refractivity (Wildman–Crippen MR) is 107 cm³/mol. The first-order valence-corrected chi connectivity index (χ1v) is 10.1. The van der Waals surface area contributed by atoms with Crippen LogP contribution in [0.3, 0.4) is 0 Å². The fourth-order valence-electron chi connectivity index (χ4n) is 3.60. The van der Waals surface area contributed by atoms with E-state index in [1.54, 1.807) is 12.3 Å². The molecular weight excluding hydrogens is 342 g/mol. The van der Waals surface area contributed by atoms with Gasteiger partial charge in [0.2, 0.25) is 5.91 Å². The summed E-state index contributed by atoms with van der Waals surface area (Å²) in [6.07, 6.45) is 7.28. The number of amides is 2. The van der Waals surface area contributed by atoms with Crippen LogP contribution in [-0.4, -0.2) is 49.0 Å². The van der Waals surface area contributed by atoms with E-state index in [1.807, 2.05) is 13.8 Å². The van der Waals surface area contributed by atoms with Gasteiger partial charge >= 0.3 is 0 Å². The molecule has 2 fully saturated rings. The average Bonchev–Trinajstić information content (AvgIpc) is 2.69. The van der Waals surface area contributed by atoms with Gasteiger partial charge in [0.25, 0.3) is 5.91 Å². The third-order valence-corrected chi connectivity index (χ3v) is 5.27. The third-order valence-electron chi connectivity index (χ3n) is 5.27. The van der Waals surface area contributed by atoms with Gasteiger partial charge in [-0.05, 0) is 18.9 Å². The number of rotatable bonds is 5. The van der Waals surface area contributed by atoms with Crippen LogP contribution in [0.1, 0.15) is 56.3 Å². The molecule has 0 atom stereocenters. The van der Waals surface area contributed by atoms with E-state index < -0.39 is 0 Å². The highest BCUT2D eigenvalue weighted by Crippen LogP contribution is 2.26. The van der Waals surface area contributed by atoms with E-state index in [0.717, 1.165) is 44.8 Å². The number of nitrogens with zero attached hydrogens (tertiary/aromatic N) is 2. The second-order valence-electron chi connectivity index (χ2n) is 7.78. The van der Waals surface area contributed by atoms with Crippen molar-refractivity contribution < 1.29 is 9.59 Å². The van der Waals surface area contributed by atoms with E-state index in [4.69, 9.17) is 0 Å². The maximum absolute atomic E-state index is 12.7. The lowest BCUT2D eigenvalue weighted by atomic mass is 9.95. The molecule has 0 radical (unpaired) electrons. The fraction of sp³-hybridized carbons (Fsp3) is 0.650.